The largest absolute Gasteiger partial charge is 0.488 e. The van der Waals surface area contributed by atoms with Crippen LogP contribution in [0.25, 0.3) is 6.08 Å². The van der Waals surface area contributed by atoms with Crippen LogP contribution in [0.4, 0.5) is 0 Å². The summed E-state index contributed by atoms with van der Waals surface area (Å²) in [4.78, 5) is 17.3. The van der Waals surface area contributed by atoms with Gasteiger partial charge in [0.05, 0.1) is 5.69 Å². The number of ketones is 1. The van der Waals surface area contributed by atoms with Crippen molar-refractivity contribution in [2.24, 2.45) is 0 Å². The van der Waals surface area contributed by atoms with E-state index in [1.807, 2.05) is 91.4 Å². The third-order valence-corrected chi connectivity index (χ3v) is 5.07. The molecule has 0 bridgehead atoms. The van der Waals surface area contributed by atoms with Crippen LogP contribution in [0.3, 0.4) is 0 Å². The second-order valence-electron chi connectivity index (χ2n) is 7.59. The van der Waals surface area contributed by atoms with E-state index in [2.05, 4.69) is 11.8 Å². The lowest BCUT2D eigenvalue weighted by atomic mass is 10.0. The Morgan fingerprint density at radius 2 is 1.94 bits per heavy atom. The van der Waals surface area contributed by atoms with Gasteiger partial charge < -0.3 is 9.30 Å². The number of nitrogens with zero attached hydrogens (tertiary/aromatic N) is 1. The van der Waals surface area contributed by atoms with Crippen LogP contribution >= 0.6 is 0 Å². The summed E-state index contributed by atoms with van der Waals surface area (Å²) in [5.74, 6) is 0.752. The molecule has 0 aliphatic rings. The van der Waals surface area contributed by atoms with Gasteiger partial charge in [-0.1, -0.05) is 61.0 Å². The lowest BCUT2D eigenvalue weighted by molar-refractivity contribution is -0.253. The van der Waals surface area contributed by atoms with Gasteiger partial charge in [0.25, 0.3) is 0 Å². The number of hydrogen-bond donors (Lipinski definition) is 1. The van der Waals surface area contributed by atoms with E-state index in [1.165, 1.54) is 0 Å². The molecule has 1 atom stereocenters. The molecule has 1 N–H and O–H groups in total. The Bertz CT molecular complexity index is 1030. The van der Waals surface area contributed by atoms with Gasteiger partial charge in [-0.15, -0.1) is 0 Å². The summed E-state index contributed by atoms with van der Waals surface area (Å²) in [6.07, 6.45) is 6.56. The first kappa shape index (κ1) is 22.5. The summed E-state index contributed by atoms with van der Waals surface area (Å²) in [7, 11) is 0. The number of carbonyl (C=O) groups excluding carboxylic acids is 1. The predicted octanol–water partition coefficient (Wildman–Crippen LogP) is 5.56. The minimum Gasteiger partial charge on any atom is -0.488 e. The average molecular weight is 420 g/mol. The number of allylic oxidation sites excluding steroid dienone is 1. The zero-order valence-corrected chi connectivity index (χ0v) is 18.2. The van der Waals surface area contributed by atoms with Crippen molar-refractivity contribution >= 4 is 11.9 Å². The highest BCUT2D eigenvalue weighted by Crippen LogP contribution is 2.19. The van der Waals surface area contributed by atoms with Crippen LogP contribution in [0.15, 0.2) is 66.9 Å². The van der Waals surface area contributed by atoms with Gasteiger partial charge >= 0.3 is 0 Å². The Morgan fingerprint density at radius 3 is 2.65 bits per heavy atom. The van der Waals surface area contributed by atoms with Gasteiger partial charge in [-0.05, 0) is 49.6 Å². The first-order valence-electron chi connectivity index (χ1n) is 10.5. The molecule has 31 heavy (non-hydrogen) atoms. The van der Waals surface area contributed by atoms with E-state index < -0.39 is 0 Å². The van der Waals surface area contributed by atoms with E-state index >= 15 is 0 Å². The Balaban J connectivity index is 1.75. The molecule has 5 heteroatoms. The van der Waals surface area contributed by atoms with E-state index in [4.69, 9.17) is 9.99 Å². The van der Waals surface area contributed by atoms with E-state index in [-0.39, 0.29) is 18.5 Å². The molecule has 0 amide bonds. The molecule has 3 aromatic rings. The van der Waals surface area contributed by atoms with Crippen molar-refractivity contribution < 1.29 is 19.7 Å². The van der Waals surface area contributed by atoms with Crippen molar-refractivity contribution in [1.82, 2.24) is 4.57 Å². The molecule has 0 saturated heterocycles. The molecule has 0 radical (unpaired) electrons. The number of aryl methyl sites for hydroxylation is 2. The van der Waals surface area contributed by atoms with Crippen LogP contribution in [0.1, 0.15) is 46.6 Å². The van der Waals surface area contributed by atoms with Crippen molar-refractivity contribution in [3.8, 4) is 5.75 Å². The van der Waals surface area contributed by atoms with Gasteiger partial charge in [0.15, 0.2) is 0 Å². The minimum absolute atomic E-state index is 0.0470. The molecule has 0 aliphatic carbocycles. The SMILES string of the molecule is CCc1ccn(CC=Cc2cccc(O[C@@H](C)COO)c2)c1C(=O)c1ccc(C)cc1. The van der Waals surface area contributed by atoms with E-state index in [0.29, 0.717) is 17.9 Å². The molecule has 0 aliphatic heterocycles. The lowest BCUT2D eigenvalue weighted by Gasteiger charge is -2.13. The molecule has 5 nitrogen and oxygen atoms in total. The van der Waals surface area contributed by atoms with Crippen LogP contribution < -0.4 is 4.74 Å². The third-order valence-electron chi connectivity index (χ3n) is 5.07. The number of hydrogen-bond acceptors (Lipinski definition) is 4. The average Bonchev–Trinajstić information content (AvgIpc) is 3.17. The maximum Gasteiger partial charge on any atom is 0.209 e. The molecule has 0 unspecified atom stereocenters. The number of aromatic nitrogens is 1. The molecular formula is C26H29NO4. The molecule has 2 aromatic carbocycles. The van der Waals surface area contributed by atoms with Crippen LogP contribution in [0.5, 0.6) is 5.75 Å². The number of benzene rings is 2. The topological polar surface area (TPSA) is 60.7 Å². The fourth-order valence-corrected chi connectivity index (χ4v) is 3.44. The minimum atomic E-state index is -0.257. The first-order chi connectivity index (χ1) is 15.0. The van der Waals surface area contributed by atoms with E-state index in [0.717, 1.165) is 28.8 Å². The maximum absolute atomic E-state index is 13.2. The number of ether oxygens (including phenoxy) is 1. The zero-order valence-electron chi connectivity index (χ0n) is 18.2. The van der Waals surface area contributed by atoms with Gasteiger partial charge in [-0.3, -0.25) is 10.1 Å². The molecule has 162 valence electrons. The molecule has 0 spiro atoms. The molecule has 0 saturated carbocycles. The highest BCUT2D eigenvalue weighted by atomic mass is 17.1. The third kappa shape index (κ3) is 5.94. The van der Waals surface area contributed by atoms with E-state index in [1.54, 1.807) is 0 Å². The van der Waals surface area contributed by atoms with Crippen LogP contribution in [0, 0.1) is 6.92 Å². The van der Waals surface area contributed by atoms with Crippen LogP contribution in [-0.4, -0.2) is 28.3 Å². The standard InChI is InChI=1S/C26H29NO4/c1-4-22-14-16-27(25(22)26(28)23-12-10-19(2)11-13-23)15-6-8-21-7-5-9-24(17-21)31-20(3)18-30-29/h5-14,16-17,20,29H,4,15,18H2,1-3H3/t20-/m0/s1. The number of carbonyl (C=O) groups is 1. The van der Waals surface area contributed by atoms with Gasteiger partial charge in [0, 0.05) is 18.3 Å². The monoisotopic (exact) mass is 419 g/mol. The summed E-state index contributed by atoms with van der Waals surface area (Å²) in [6.45, 7) is 6.59. The van der Waals surface area contributed by atoms with Crippen molar-refractivity contribution in [2.75, 3.05) is 6.61 Å². The normalized spacial score (nSPS) is 12.3. The Labute approximate surface area is 183 Å². The second-order valence-corrected chi connectivity index (χ2v) is 7.59. The van der Waals surface area contributed by atoms with Crippen molar-refractivity contribution in [1.29, 1.82) is 0 Å². The highest BCUT2D eigenvalue weighted by molar-refractivity contribution is 6.09. The highest BCUT2D eigenvalue weighted by Gasteiger charge is 2.17. The molecule has 1 aromatic heterocycles. The summed E-state index contributed by atoms with van der Waals surface area (Å²) in [6, 6.07) is 17.4. The lowest BCUT2D eigenvalue weighted by Crippen LogP contribution is -2.18. The first-order valence-corrected chi connectivity index (χ1v) is 10.5. The Hall–Kier alpha value is -3.15. The molecule has 0 fully saturated rings. The number of rotatable bonds is 10. The second kappa shape index (κ2) is 10.8. The molecule has 1 heterocycles. The van der Waals surface area contributed by atoms with Crippen LogP contribution in [0.2, 0.25) is 0 Å². The summed E-state index contributed by atoms with van der Waals surface area (Å²) < 4.78 is 7.72. The Kier molecular flexibility index (Phi) is 7.82. The van der Waals surface area contributed by atoms with Gasteiger partial charge in [0.2, 0.25) is 5.78 Å². The summed E-state index contributed by atoms with van der Waals surface area (Å²) in [5.41, 5.74) is 4.62. The summed E-state index contributed by atoms with van der Waals surface area (Å²) >= 11 is 0. The van der Waals surface area contributed by atoms with Crippen molar-refractivity contribution in [3.63, 3.8) is 0 Å². The fraction of sp³-hybridized carbons (Fsp3) is 0.269. The smallest absolute Gasteiger partial charge is 0.209 e. The van der Waals surface area contributed by atoms with E-state index in [9.17, 15) is 4.79 Å². The fourth-order valence-electron chi connectivity index (χ4n) is 3.44. The van der Waals surface area contributed by atoms with Gasteiger partial charge in [-0.2, -0.15) is 0 Å². The quantitative estimate of drug-likeness (QED) is 0.265. The van der Waals surface area contributed by atoms with Crippen molar-refractivity contribution in [3.05, 3.63) is 94.8 Å². The zero-order chi connectivity index (χ0) is 22.2. The van der Waals surface area contributed by atoms with Gasteiger partial charge in [-0.25, -0.2) is 4.89 Å². The molecular weight excluding hydrogens is 390 g/mol. The maximum atomic E-state index is 13.2. The predicted molar refractivity (Wildman–Crippen MR) is 123 cm³/mol. The molecule has 3 rings (SSSR count). The van der Waals surface area contributed by atoms with Crippen molar-refractivity contribution in [2.45, 2.75) is 39.8 Å². The summed E-state index contributed by atoms with van der Waals surface area (Å²) in [5, 5.41) is 8.54. The van der Waals surface area contributed by atoms with Gasteiger partial charge in [0.1, 0.15) is 18.5 Å². The van der Waals surface area contributed by atoms with Crippen LogP contribution in [-0.2, 0) is 17.9 Å². The Morgan fingerprint density at radius 1 is 1.16 bits per heavy atom.